The van der Waals surface area contributed by atoms with Crippen LogP contribution in [-0.4, -0.2) is 44.9 Å². The molecule has 0 aliphatic heterocycles. The normalized spacial score (nSPS) is 11.8. The molecule has 11 heteroatoms. The highest BCUT2D eigenvalue weighted by molar-refractivity contribution is 6.13. The van der Waals surface area contributed by atoms with Crippen molar-refractivity contribution in [3.63, 3.8) is 0 Å². The number of hydrogen-bond acceptors (Lipinski definition) is 11. The predicted octanol–water partition coefficient (Wildman–Crippen LogP) is 29.1. The minimum absolute atomic E-state index is 0.0388. The largest absolute Gasteiger partial charge is 0.456 e. The summed E-state index contributed by atoms with van der Waals surface area (Å²) in [6, 6.07) is 148. The molecule has 5 aromatic heterocycles. The summed E-state index contributed by atoms with van der Waals surface area (Å²) < 4.78 is 12.5. The van der Waals surface area contributed by atoms with Crippen molar-refractivity contribution >= 4 is 43.9 Å². The van der Waals surface area contributed by atoms with E-state index in [0.29, 0.717) is 52.4 Å². The molecule has 1 aliphatic carbocycles. The number of benzene rings is 17. The third kappa shape index (κ3) is 15.3. The number of para-hydroxylation sites is 3. The third-order valence-corrected chi connectivity index (χ3v) is 23.2. The van der Waals surface area contributed by atoms with Gasteiger partial charge in [-0.15, -0.1) is 0 Å². The number of aromatic nitrogens is 9. The standard InChI is InChI=1S/2C39H25N3O.C36H27N3/c1-3-11-27(12-4-1)37-40-38(28-13-5-2-6-14-28)42-39(41-37)29-23-21-26(22-24-29)30-15-9-16-31(25-30)32-18-10-19-34-33-17-7-8-20-35(33)43-36(32)34;1-3-11-27(12-4-1)37-40-38(28-13-5-2-6-14-28)42-39(41-37)29-23-21-26(22-24-29)30-15-9-16-31(25-30)32-18-10-20-35-36(32)33-17-7-8-19-34(33)43-35;1-36(2)31-19-10-9-18-29(31)30-21-20-27(23-32(30)36)26-16-11-17-28(22-26)35-38-33(24-12-5-3-6-13-24)37-34(39-35)25-14-7-4-8-15-25/h2*1-25H;3-23H,1-2H3. The monoisotopic (exact) mass is 1600 g/mol. The Labute approximate surface area is 723 Å². The van der Waals surface area contributed by atoms with Gasteiger partial charge in [0, 0.05) is 82.6 Å². The van der Waals surface area contributed by atoms with Gasteiger partial charge in [0.05, 0.1) is 0 Å². The zero-order valence-electron chi connectivity index (χ0n) is 68.3. The van der Waals surface area contributed by atoms with Crippen LogP contribution in [0.4, 0.5) is 0 Å². The number of rotatable bonds is 14. The molecule has 0 bridgehead atoms. The first kappa shape index (κ1) is 75.8. The molecule has 0 saturated carbocycles. The summed E-state index contributed by atoms with van der Waals surface area (Å²) in [6.45, 7) is 4.64. The molecule has 0 atom stereocenters. The van der Waals surface area contributed by atoms with Gasteiger partial charge >= 0.3 is 0 Å². The van der Waals surface area contributed by atoms with Crippen LogP contribution in [0.25, 0.3) is 213 Å². The molecular formula is C114H77N9O2. The molecule has 11 nitrogen and oxygen atoms in total. The number of hydrogen-bond donors (Lipinski definition) is 0. The topological polar surface area (TPSA) is 142 Å². The molecular weight excluding hydrogens is 1530 g/mol. The molecule has 17 aromatic carbocycles. The van der Waals surface area contributed by atoms with Crippen LogP contribution in [0.2, 0.25) is 0 Å². The van der Waals surface area contributed by atoms with E-state index in [2.05, 4.69) is 232 Å². The molecule has 0 saturated heterocycles. The Morgan fingerprint density at radius 3 is 0.904 bits per heavy atom. The quantitative estimate of drug-likeness (QED) is 0.103. The van der Waals surface area contributed by atoms with E-state index in [9.17, 15) is 0 Å². The van der Waals surface area contributed by atoms with E-state index in [1.165, 1.54) is 27.8 Å². The highest BCUT2D eigenvalue weighted by Gasteiger charge is 2.35. The van der Waals surface area contributed by atoms with Crippen LogP contribution in [0.1, 0.15) is 25.0 Å². The molecule has 0 N–H and O–H groups in total. The molecule has 0 spiro atoms. The highest BCUT2D eigenvalue weighted by atomic mass is 16.3. The maximum atomic E-state index is 6.31. The lowest BCUT2D eigenvalue weighted by Gasteiger charge is -2.22. The number of furan rings is 2. The molecule has 0 radical (unpaired) electrons. The summed E-state index contributed by atoms with van der Waals surface area (Å²) in [5.41, 5.74) is 28.9. The van der Waals surface area contributed by atoms with Gasteiger partial charge in [0.15, 0.2) is 52.4 Å². The van der Waals surface area contributed by atoms with Gasteiger partial charge in [0.25, 0.3) is 0 Å². The fourth-order valence-corrected chi connectivity index (χ4v) is 16.9. The van der Waals surface area contributed by atoms with Gasteiger partial charge in [-0.2, -0.15) is 0 Å². The van der Waals surface area contributed by atoms with Gasteiger partial charge in [0.1, 0.15) is 22.3 Å². The molecule has 5 heterocycles. The van der Waals surface area contributed by atoms with Crippen molar-refractivity contribution in [2.45, 2.75) is 19.3 Å². The highest BCUT2D eigenvalue weighted by Crippen LogP contribution is 2.50. The van der Waals surface area contributed by atoms with Crippen LogP contribution in [0, 0.1) is 0 Å². The smallest absolute Gasteiger partial charge is 0.164 e. The van der Waals surface area contributed by atoms with E-state index in [4.69, 9.17) is 53.7 Å². The Hall–Kier alpha value is -16.6. The van der Waals surface area contributed by atoms with Gasteiger partial charge in [-0.25, -0.2) is 44.9 Å². The van der Waals surface area contributed by atoms with Crippen LogP contribution in [0.3, 0.4) is 0 Å². The molecule has 22 aromatic rings. The second-order valence-electron chi connectivity index (χ2n) is 31.5. The Bertz CT molecular complexity index is 7540. The zero-order valence-corrected chi connectivity index (χ0v) is 68.3. The van der Waals surface area contributed by atoms with Crippen molar-refractivity contribution < 1.29 is 8.83 Å². The fraction of sp³-hybridized carbons (Fsp3) is 0.0263. The first-order chi connectivity index (χ1) is 61.7. The summed E-state index contributed by atoms with van der Waals surface area (Å²) in [5, 5.41) is 4.54. The summed E-state index contributed by atoms with van der Waals surface area (Å²) in [6.07, 6.45) is 0. The first-order valence-electron chi connectivity index (χ1n) is 41.9. The average Bonchev–Trinajstić information content (AvgIpc) is 1.57. The van der Waals surface area contributed by atoms with E-state index in [1.807, 2.05) is 212 Å². The molecule has 0 unspecified atom stereocenters. The van der Waals surface area contributed by atoms with E-state index >= 15 is 0 Å². The van der Waals surface area contributed by atoms with Gasteiger partial charge in [0.2, 0.25) is 0 Å². The van der Waals surface area contributed by atoms with Crippen molar-refractivity contribution in [3.8, 4) is 169 Å². The van der Waals surface area contributed by atoms with Gasteiger partial charge in [-0.1, -0.05) is 402 Å². The molecule has 0 fully saturated rings. The van der Waals surface area contributed by atoms with Crippen molar-refractivity contribution in [1.29, 1.82) is 0 Å². The zero-order chi connectivity index (χ0) is 83.6. The van der Waals surface area contributed by atoms with Gasteiger partial charge < -0.3 is 8.83 Å². The van der Waals surface area contributed by atoms with Crippen LogP contribution < -0.4 is 0 Å². The van der Waals surface area contributed by atoms with Crippen molar-refractivity contribution in [2.75, 3.05) is 0 Å². The predicted molar refractivity (Wildman–Crippen MR) is 508 cm³/mol. The van der Waals surface area contributed by atoms with Gasteiger partial charge in [-0.3, -0.25) is 0 Å². The average molecular weight is 1600 g/mol. The third-order valence-electron chi connectivity index (χ3n) is 23.2. The number of fused-ring (bicyclic) bond motifs is 9. The van der Waals surface area contributed by atoms with Crippen molar-refractivity contribution in [3.05, 3.63) is 442 Å². The summed E-state index contributed by atoms with van der Waals surface area (Å²) in [7, 11) is 0. The minimum atomic E-state index is -0.0388. The van der Waals surface area contributed by atoms with E-state index in [-0.39, 0.29) is 5.41 Å². The maximum absolute atomic E-state index is 6.31. The number of nitrogens with zero attached hydrogens (tertiary/aromatic N) is 9. The Kier molecular flexibility index (Phi) is 20.1. The van der Waals surface area contributed by atoms with Crippen molar-refractivity contribution in [2.24, 2.45) is 0 Å². The molecule has 23 rings (SSSR count). The summed E-state index contributed by atoms with van der Waals surface area (Å²) in [5.74, 6) is 5.91. The second kappa shape index (κ2) is 33.2. The molecule has 1 aliphatic rings. The van der Waals surface area contributed by atoms with Crippen LogP contribution in [-0.2, 0) is 5.41 Å². The van der Waals surface area contributed by atoms with Crippen LogP contribution in [0.5, 0.6) is 0 Å². The Morgan fingerprint density at radius 2 is 0.440 bits per heavy atom. The lowest BCUT2D eigenvalue weighted by Crippen LogP contribution is -2.14. The summed E-state index contributed by atoms with van der Waals surface area (Å²) in [4.78, 5) is 43.8. The summed E-state index contributed by atoms with van der Waals surface area (Å²) >= 11 is 0. The van der Waals surface area contributed by atoms with E-state index in [1.54, 1.807) is 0 Å². The maximum Gasteiger partial charge on any atom is 0.164 e. The van der Waals surface area contributed by atoms with Crippen LogP contribution >= 0.6 is 0 Å². The Morgan fingerprint density at radius 1 is 0.168 bits per heavy atom. The lowest BCUT2D eigenvalue weighted by atomic mass is 9.81. The molecule has 590 valence electrons. The van der Waals surface area contributed by atoms with E-state index in [0.717, 1.165) is 144 Å². The van der Waals surface area contributed by atoms with Gasteiger partial charge in [-0.05, 0) is 115 Å². The van der Waals surface area contributed by atoms with Crippen LogP contribution in [0.15, 0.2) is 440 Å². The minimum Gasteiger partial charge on any atom is -0.456 e. The second-order valence-corrected chi connectivity index (χ2v) is 31.5. The fourth-order valence-electron chi connectivity index (χ4n) is 16.9. The molecule has 0 amide bonds. The Balaban J connectivity index is 0.000000115. The lowest BCUT2D eigenvalue weighted by molar-refractivity contribution is 0.660. The first-order valence-corrected chi connectivity index (χ1v) is 41.9. The van der Waals surface area contributed by atoms with E-state index < -0.39 is 0 Å². The van der Waals surface area contributed by atoms with Crippen molar-refractivity contribution in [1.82, 2.24) is 44.9 Å². The SMILES string of the molecule is CC1(C)c2ccccc2-c2ccc(-c3cccc(-c4nc(-c5ccccc5)nc(-c5ccccc5)n4)c3)cc21.c1ccc(-c2nc(-c3ccccc3)nc(-c3ccc(-c4cccc(-c5cccc6c5oc5ccccc56)c4)cc3)n2)cc1.c1ccc(-c2nc(-c3ccccc3)nc(-c3ccc(-c4cccc(-c5cccc6oc7ccccc7c56)c4)cc3)n2)cc1. The molecule has 125 heavy (non-hydrogen) atoms.